The van der Waals surface area contributed by atoms with E-state index in [1.165, 1.54) is 18.0 Å². The molecule has 18 heavy (non-hydrogen) atoms. The molecule has 7 heteroatoms. The Morgan fingerprint density at radius 1 is 1.50 bits per heavy atom. The second-order valence-electron chi connectivity index (χ2n) is 3.52. The van der Waals surface area contributed by atoms with Crippen molar-refractivity contribution in [3.63, 3.8) is 0 Å². The third kappa shape index (κ3) is 2.31. The van der Waals surface area contributed by atoms with Crippen LogP contribution in [-0.4, -0.2) is 37.9 Å². The molecular formula is C11H14N4O2S. The molecule has 0 unspecified atom stereocenters. The van der Waals surface area contributed by atoms with Gasteiger partial charge >= 0.3 is 5.97 Å². The zero-order valence-electron chi connectivity index (χ0n) is 10.5. The summed E-state index contributed by atoms with van der Waals surface area (Å²) in [5.74, 6) is 1.00. The van der Waals surface area contributed by atoms with Crippen LogP contribution in [0.2, 0.25) is 0 Å². The molecule has 0 radical (unpaired) electrons. The highest BCUT2D eigenvalue weighted by Crippen LogP contribution is 2.15. The molecule has 0 aromatic carbocycles. The minimum Gasteiger partial charge on any atom is -0.462 e. The third-order valence-corrected chi connectivity index (χ3v) is 3.08. The predicted molar refractivity (Wildman–Crippen MR) is 67.9 cm³/mol. The molecule has 0 saturated carbocycles. The highest BCUT2D eigenvalue weighted by atomic mass is 32.2. The number of hydrogen-bond acceptors (Lipinski definition) is 6. The zero-order valence-corrected chi connectivity index (χ0v) is 11.3. The summed E-state index contributed by atoms with van der Waals surface area (Å²) in [6.45, 7) is 5.94. The molecule has 0 amide bonds. The number of aromatic nitrogens is 4. The van der Waals surface area contributed by atoms with Crippen LogP contribution in [0.25, 0.3) is 5.78 Å². The number of carbonyl (C=O) groups is 1. The average molecular weight is 266 g/mol. The minimum absolute atomic E-state index is 0.338. The van der Waals surface area contributed by atoms with Crippen LogP contribution in [0.15, 0.2) is 11.4 Å². The molecular weight excluding hydrogens is 252 g/mol. The standard InChI is InChI=1S/C11H14N4O2S/c1-4-17-9(16)8-6-12-10-13-11(18-5-2)14-15(10)7(8)3/h6H,4-5H2,1-3H3. The van der Waals surface area contributed by atoms with E-state index < -0.39 is 0 Å². The molecule has 96 valence electrons. The fraction of sp³-hybridized carbons (Fsp3) is 0.455. The lowest BCUT2D eigenvalue weighted by Crippen LogP contribution is -2.11. The van der Waals surface area contributed by atoms with Crippen LogP contribution in [0.3, 0.4) is 0 Å². The lowest BCUT2D eigenvalue weighted by atomic mass is 10.2. The molecule has 6 nitrogen and oxygen atoms in total. The lowest BCUT2D eigenvalue weighted by Gasteiger charge is -2.05. The molecule has 2 rings (SSSR count). The predicted octanol–water partition coefficient (Wildman–Crippen LogP) is 1.72. The van der Waals surface area contributed by atoms with Crippen LogP contribution < -0.4 is 0 Å². The van der Waals surface area contributed by atoms with E-state index in [2.05, 4.69) is 15.1 Å². The summed E-state index contributed by atoms with van der Waals surface area (Å²) < 4.78 is 6.54. The van der Waals surface area contributed by atoms with E-state index in [0.29, 0.717) is 28.8 Å². The summed E-state index contributed by atoms with van der Waals surface area (Å²) in [5, 5.41) is 4.96. The second-order valence-corrected chi connectivity index (χ2v) is 4.75. The highest BCUT2D eigenvalue weighted by Gasteiger charge is 2.15. The topological polar surface area (TPSA) is 69.4 Å². The summed E-state index contributed by atoms with van der Waals surface area (Å²) in [6, 6.07) is 0. The monoisotopic (exact) mass is 266 g/mol. The number of thioether (sulfide) groups is 1. The number of rotatable bonds is 4. The number of nitrogens with zero attached hydrogens (tertiary/aromatic N) is 4. The number of esters is 1. The van der Waals surface area contributed by atoms with Crippen LogP contribution in [-0.2, 0) is 4.74 Å². The van der Waals surface area contributed by atoms with E-state index in [-0.39, 0.29) is 5.97 Å². The van der Waals surface area contributed by atoms with E-state index in [1.807, 2.05) is 6.92 Å². The van der Waals surface area contributed by atoms with E-state index in [4.69, 9.17) is 4.74 Å². The van der Waals surface area contributed by atoms with E-state index in [1.54, 1.807) is 18.4 Å². The first kappa shape index (κ1) is 12.8. The number of hydrogen-bond donors (Lipinski definition) is 0. The molecule has 0 aliphatic carbocycles. The van der Waals surface area contributed by atoms with Gasteiger partial charge in [0.15, 0.2) is 0 Å². The Kier molecular flexibility index (Phi) is 3.81. The zero-order chi connectivity index (χ0) is 13.1. The van der Waals surface area contributed by atoms with Crippen LogP contribution >= 0.6 is 11.8 Å². The summed E-state index contributed by atoms with van der Waals surface area (Å²) >= 11 is 1.54. The van der Waals surface area contributed by atoms with Gasteiger partial charge in [-0.1, -0.05) is 18.7 Å². The number of aryl methyl sites for hydroxylation is 1. The number of ether oxygens (including phenoxy) is 1. The smallest absolute Gasteiger partial charge is 0.341 e. The molecule has 0 atom stereocenters. The first-order valence-corrected chi connectivity index (χ1v) is 6.68. The van der Waals surface area contributed by atoms with Crippen molar-refractivity contribution in [1.29, 1.82) is 0 Å². The average Bonchev–Trinajstić information content (AvgIpc) is 2.74. The summed E-state index contributed by atoms with van der Waals surface area (Å²) in [5.41, 5.74) is 1.11. The van der Waals surface area contributed by atoms with Crippen molar-refractivity contribution >= 4 is 23.5 Å². The molecule has 0 N–H and O–H groups in total. The normalized spacial score (nSPS) is 10.8. The highest BCUT2D eigenvalue weighted by molar-refractivity contribution is 7.99. The van der Waals surface area contributed by atoms with E-state index in [9.17, 15) is 4.79 Å². The van der Waals surface area contributed by atoms with Gasteiger partial charge in [-0.25, -0.2) is 9.78 Å². The Bertz CT molecular complexity index is 582. The first-order valence-electron chi connectivity index (χ1n) is 5.69. The molecule has 0 spiro atoms. The fourth-order valence-corrected chi connectivity index (χ4v) is 2.07. The Morgan fingerprint density at radius 2 is 2.28 bits per heavy atom. The Morgan fingerprint density at radius 3 is 2.94 bits per heavy atom. The molecule has 0 saturated heterocycles. The lowest BCUT2D eigenvalue weighted by molar-refractivity contribution is 0.0524. The Labute approximate surface area is 109 Å². The van der Waals surface area contributed by atoms with Crippen LogP contribution in [0.4, 0.5) is 0 Å². The summed E-state index contributed by atoms with van der Waals surface area (Å²) in [4.78, 5) is 20.1. The van der Waals surface area contributed by atoms with Crippen molar-refractivity contribution in [2.45, 2.75) is 25.9 Å². The molecule has 0 fully saturated rings. The van der Waals surface area contributed by atoms with Crippen molar-refractivity contribution in [1.82, 2.24) is 19.6 Å². The van der Waals surface area contributed by atoms with Gasteiger partial charge in [-0.05, 0) is 19.6 Å². The third-order valence-electron chi connectivity index (χ3n) is 2.36. The van der Waals surface area contributed by atoms with Crippen molar-refractivity contribution in [2.24, 2.45) is 0 Å². The Hall–Kier alpha value is -1.63. The van der Waals surface area contributed by atoms with Crippen molar-refractivity contribution < 1.29 is 9.53 Å². The fourth-order valence-electron chi connectivity index (χ4n) is 1.52. The molecule has 0 aliphatic heterocycles. The van der Waals surface area contributed by atoms with Crippen molar-refractivity contribution in [3.05, 3.63) is 17.5 Å². The van der Waals surface area contributed by atoms with Gasteiger partial charge in [0.05, 0.1) is 17.9 Å². The largest absolute Gasteiger partial charge is 0.462 e. The summed E-state index contributed by atoms with van der Waals surface area (Å²) in [6.07, 6.45) is 1.48. The molecule has 2 aromatic heterocycles. The molecule has 2 heterocycles. The van der Waals surface area contributed by atoms with Gasteiger partial charge < -0.3 is 4.74 Å². The summed E-state index contributed by atoms with van der Waals surface area (Å²) in [7, 11) is 0. The van der Waals surface area contributed by atoms with Crippen LogP contribution in [0, 0.1) is 6.92 Å². The van der Waals surface area contributed by atoms with Gasteiger partial charge in [0.25, 0.3) is 5.78 Å². The number of carbonyl (C=O) groups excluding carboxylic acids is 1. The second kappa shape index (κ2) is 5.34. The van der Waals surface area contributed by atoms with Crippen molar-refractivity contribution in [2.75, 3.05) is 12.4 Å². The number of fused-ring (bicyclic) bond motifs is 1. The van der Waals surface area contributed by atoms with E-state index in [0.717, 1.165) is 5.75 Å². The van der Waals surface area contributed by atoms with Gasteiger partial charge in [-0.2, -0.15) is 9.50 Å². The van der Waals surface area contributed by atoms with Crippen molar-refractivity contribution in [3.8, 4) is 0 Å². The van der Waals surface area contributed by atoms with Crippen LogP contribution in [0.5, 0.6) is 0 Å². The van der Waals surface area contributed by atoms with Gasteiger partial charge in [-0.15, -0.1) is 5.10 Å². The quantitative estimate of drug-likeness (QED) is 0.620. The molecule has 2 aromatic rings. The molecule has 0 bridgehead atoms. The van der Waals surface area contributed by atoms with Gasteiger partial charge in [0, 0.05) is 6.20 Å². The van der Waals surface area contributed by atoms with Gasteiger partial charge in [-0.3, -0.25) is 0 Å². The maximum absolute atomic E-state index is 11.7. The van der Waals surface area contributed by atoms with Gasteiger partial charge in [0.2, 0.25) is 5.16 Å². The maximum Gasteiger partial charge on any atom is 0.341 e. The SMILES string of the molecule is CCOC(=O)c1cnc2nc(SCC)nn2c1C. The van der Waals surface area contributed by atoms with Gasteiger partial charge in [0.1, 0.15) is 0 Å². The Balaban J connectivity index is 2.46. The van der Waals surface area contributed by atoms with Crippen LogP contribution in [0.1, 0.15) is 29.9 Å². The maximum atomic E-state index is 11.7. The minimum atomic E-state index is -0.385. The first-order chi connectivity index (χ1) is 8.67. The molecule has 0 aliphatic rings. The van der Waals surface area contributed by atoms with E-state index >= 15 is 0 Å².